The summed E-state index contributed by atoms with van der Waals surface area (Å²) in [6.45, 7) is 0. The lowest BCUT2D eigenvalue weighted by molar-refractivity contribution is 0.302. The summed E-state index contributed by atoms with van der Waals surface area (Å²) in [4.78, 5) is 4.17. The van der Waals surface area contributed by atoms with E-state index in [2.05, 4.69) is 26.2 Å². The van der Waals surface area contributed by atoms with Gasteiger partial charge in [-0.25, -0.2) is 4.98 Å². The largest absolute Gasteiger partial charge is 0.485 e. The van der Waals surface area contributed by atoms with E-state index in [1.165, 1.54) is 0 Å². The van der Waals surface area contributed by atoms with Crippen LogP contribution in [0.3, 0.4) is 0 Å². The predicted molar refractivity (Wildman–Crippen MR) is 55.1 cm³/mol. The van der Waals surface area contributed by atoms with E-state index in [0.29, 0.717) is 6.10 Å². The molecule has 2 rings (SSSR count). The number of pyridine rings is 1. The standard InChI is InChI=1S/C9H11BrN2O/c1-11-9-8(13-6-2-3-6)7(10)4-5-12-9/h4-6H,2-3H2,1H3,(H,11,12). The van der Waals surface area contributed by atoms with E-state index in [1.807, 2.05) is 13.1 Å². The molecule has 13 heavy (non-hydrogen) atoms. The highest BCUT2D eigenvalue weighted by Crippen LogP contribution is 2.36. The van der Waals surface area contributed by atoms with Gasteiger partial charge in [-0.15, -0.1) is 0 Å². The van der Waals surface area contributed by atoms with Gasteiger partial charge in [0.15, 0.2) is 11.6 Å². The van der Waals surface area contributed by atoms with Crippen molar-refractivity contribution in [1.29, 1.82) is 0 Å². The second kappa shape index (κ2) is 3.54. The van der Waals surface area contributed by atoms with Gasteiger partial charge in [0.1, 0.15) is 0 Å². The van der Waals surface area contributed by atoms with Crippen LogP contribution in [0.25, 0.3) is 0 Å². The molecule has 1 aliphatic rings. The van der Waals surface area contributed by atoms with Gasteiger partial charge in [-0.2, -0.15) is 0 Å². The molecule has 0 amide bonds. The molecule has 0 bridgehead atoms. The zero-order valence-electron chi connectivity index (χ0n) is 7.38. The van der Waals surface area contributed by atoms with Crippen molar-refractivity contribution in [3.8, 4) is 5.75 Å². The van der Waals surface area contributed by atoms with Gasteiger partial charge in [0, 0.05) is 13.2 Å². The third kappa shape index (κ3) is 1.94. The smallest absolute Gasteiger partial charge is 0.176 e. The Morgan fingerprint density at radius 2 is 2.38 bits per heavy atom. The Morgan fingerprint density at radius 1 is 1.62 bits per heavy atom. The number of aromatic nitrogens is 1. The van der Waals surface area contributed by atoms with E-state index in [9.17, 15) is 0 Å². The Kier molecular flexibility index (Phi) is 2.40. The minimum Gasteiger partial charge on any atom is -0.485 e. The van der Waals surface area contributed by atoms with Crippen LogP contribution in [0.5, 0.6) is 5.75 Å². The lowest BCUT2D eigenvalue weighted by atomic mass is 10.4. The van der Waals surface area contributed by atoms with Gasteiger partial charge in [0.25, 0.3) is 0 Å². The summed E-state index contributed by atoms with van der Waals surface area (Å²) in [5.41, 5.74) is 0. The molecule has 70 valence electrons. The molecule has 1 fully saturated rings. The predicted octanol–water partition coefficient (Wildman–Crippen LogP) is 2.43. The van der Waals surface area contributed by atoms with Crippen LogP contribution < -0.4 is 10.1 Å². The molecule has 0 spiro atoms. The van der Waals surface area contributed by atoms with Gasteiger partial charge in [-0.05, 0) is 34.8 Å². The van der Waals surface area contributed by atoms with Crippen molar-refractivity contribution in [2.75, 3.05) is 12.4 Å². The fourth-order valence-corrected chi connectivity index (χ4v) is 1.47. The molecular weight excluding hydrogens is 232 g/mol. The number of hydrogen-bond acceptors (Lipinski definition) is 3. The third-order valence-electron chi connectivity index (χ3n) is 1.90. The average Bonchev–Trinajstić information content (AvgIpc) is 2.92. The van der Waals surface area contributed by atoms with Crippen molar-refractivity contribution in [3.05, 3.63) is 16.7 Å². The first-order chi connectivity index (χ1) is 6.31. The summed E-state index contributed by atoms with van der Waals surface area (Å²) < 4.78 is 6.66. The number of halogens is 1. The topological polar surface area (TPSA) is 34.2 Å². The Morgan fingerprint density at radius 3 is 3.00 bits per heavy atom. The molecule has 0 unspecified atom stereocenters. The molecule has 0 radical (unpaired) electrons. The van der Waals surface area contributed by atoms with Crippen molar-refractivity contribution in [3.63, 3.8) is 0 Å². The number of hydrogen-bond donors (Lipinski definition) is 1. The molecule has 0 atom stereocenters. The molecule has 1 saturated carbocycles. The number of nitrogens with one attached hydrogen (secondary N) is 1. The van der Waals surface area contributed by atoms with Crippen molar-refractivity contribution >= 4 is 21.7 Å². The first-order valence-corrected chi connectivity index (χ1v) is 5.09. The van der Waals surface area contributed by atoms with Crippen LogP contribution in [0.4, 0.5) is 5.82 Å². The molecule has 0 aliphatic heterocycles. The molecular formula is C9H11BrN2O. The monoisotopic (exact) mass is 242 g/mol. The molecule has 1 aromatic rings. The van der Waals surface area contributed by atoms with Gasteiger partial charge < -0.3 is 10.1 Å². The van der Waals surface area contributed by atoms with E-state index in [0.717, 1.165) is 28.9 Å². The SMILES string of the molecule is CNc1nccc(Br)c1OC1CC1. The number of nitrogens with zero attached hydrogens (tertiary/aromatic N) is 1. The molecule has 0 saturated heterocycles. The van der Waals surface area contributed by atoms with Crippen LogP contribution >= 0.6 is 15.9 Å². The van der Waals surface area contributed by atoms with Crippen LogP contribution in [0, 0.1) is 0 Å². The quantitative estimate of drug-likeness (QED) is 0.885. The third-order valence-corrected chi connectivity index (χ3v) is 2.53. The van der Waals surface area contributed by atoms with E-state index in [1.54, 1.807) is 6.20 Å². The zero-order chi connectivity index (χ0) is 9.26. The van der Waals surface area contributed by atoms with E-state index in [-0.39, 0.29) is 0 Å². The summed E-state index contributed by atoms with van der Waals surface area (Å²) in [6, 6.07) is 1.89. The van der Waals surface area contributed by atoms with Crippen LogP contribution in [0.15, 0.2) is 16.7 Å². The summed E-state index contributed by atoms with van der Waals surface area (Å²) >= 11 is 3.44. The van der Waals surface area contributed by atoms with Gasteiger partial charge in [0.2, 0.25) is 0 Å². The molecule has 1 aliphatic carbocycles. The van der Waals surface area contributed by atoms with Gasteiger partial charge in [0.05, 0.1) is 10.6 Å². The van der Waals surface area contributed by atoms with Gasteiger partial charge >= 0.3 is 0 Å². The number of anilines is 1. The molecule has 3 nitrogen and oxygen atoms in total. The first-order valence-electron chi connectivity index (χ1n) is 4.30. The molecule has 0 aromatic carbocycles. The highest BCUT2D eigenvalue weighted by Gasteiger charge is 2.25. The lowest BCUT2D eigenvalue weighted by Gasteiger charge is -2.10. The van der Waals surface area contributed by atoms with Crippen LogP contribution in [-0.4, -0.2) is 18.1 Å². The fraction of sp³-hybridized carbons (Fsp3) is 0.444. The fourth-order valence-electron chi connectivity index (χ4n) is 1.07. The first kappa shape index (κ1) is 8.81. The Hall–Kier alpha value is -0.770. The van der Waals surface area contributed by atoms with Crippen molar-refractivity contribution in [2.45, 2.75) is 18.9 Å². The second-order valence-corrected chi connectivity index (χ2v) is 3.89. The van der Waals surface area contributed by atoms with E-state index in [4.69, 9.17) is 4.74 Å². The van der Waals surface area contributed by atoms with Crippen molar-refractivity contribution < 1.29 is 4.74 Å². The van der Waals surface area contributed by atoms with Gasteiger partial charge in [-0.3, -0.25) is 0 Å². The number of rotatable bonds is 3. The summed E-state index contributed by atoms with van der Waals surface area (Å²) in [6.07, 6.45) is 4.46. The zero-order valence-corrected chi connectivity index (χ0v) is 8.97. The van der Waals surface area contributed by atoms with E-state index >= 15 is 0 Å². The minimum absolute atomic E-state index is 0.396. The van der Waals surface area contributed by atoms with Crippen molar-refractivity contribution in [2.24, 2.45) is 0 Å². The van der Waals surface area contributed by atoms with Gasteiger partial charge in [-0.1, -0.05) is 0 Å². The Labute approximate surface area is 85.6 Å². The molecule has 1 heterocycles. The molecule has 1 N–H and O–H groups in total. The maximum atomic E-state index is 5.71. The minimum atomic E-state index is 0.396. The van der Waals surface area contributed by atoms with Crippen LogP contribution in [0.1, 0.15) is 12.8 Å². The van der Waals surface area contributed by atoms with Crippen LogP contribution in [-0.2, 0) is 0 Å². The Balaban J connectivity index is 2.27. The molecule has 4 heteroatoms. The van der Waals surface area contributed by atoms with E-state index < -0.39 is 0 Å². The summed E-state index contributed by atoms with van der Waals surface area (Å²) in [5.74, 6) is 1.62. The highest BCUT2D eigenvalue weighted by molar-refractivity contribution is 9.10. The van der Waals surface area contributed by atoms with Crippen molar-refractivity contribution in [1.82, 2.24) is 4.98 Å². The highest BCUT2D eigenvalue weighted by atomic mass is 79.9. The summed E-state index contributed by atoms with van der Waals surface area (Å²) in [7, 11) is 1.84. The second-order valence-electron chi connectivity index (χ2n) is 3.04. The maximum absolute atomic E-state index is 5.71. The van der Waals surface area contributed by atoms with Crippen LogP contribution in [0.2, 0.25) is 0 Å². The Bertz CT molecular complexity index is 312. The normalized spacial score (nSPS) is 15.5. The maximum Gasteiger partial charge on any atom is 0.176 e. The summed E-state index contributed by atoms with van der Waals surface area (Å²) in [5, 5.41) is 3.00. The lowest BCUT2D eigenvalue weighted by Crippen LogP contribution is -2.02. The average molecular weight is 243 g/mol. The molecule has 1 aromatic heterocycles. The number of ether oxygens (including phenoxy) is 1.